The van der Waals surface area contributed by atoms with Gasteiger partial charge in [0.15, 0.2) is 5.75 Å². The van der Waals surface area contributed by atoms with Gasteiger partial charge in [-0.15, -0.1) is 0 Å². The number of piperidine rings is 1. The fraction of sp³-hybridized carbons (Fsp3) is 0.500. The van der Waals surface area contributed by atoms with Crippen LogP contribution in [0.3, 0.4) is 0 Å². The number of aliphatic hydroxyl groups excluding tert-OH is 1. The Morgan fingerprint density at radius 2 is 2.28 bits per heavy atom. The smallest absolute Gasteiger partial charge is 0.311 e. The molecule has 18 heavy (non-hydrogen) atoms. The molecule has 1 saturated heterocycles. The zero-order valence-corrected chi connectivity index (χ0v) is 9.95. The van der Waals surface area contributed by atoms with Crippen LogP contribution in [0.25, 0.3) is 0 Å². The highest BCUT2D eigenvalue weighted by Crippen LogP contribution is 2.27. The number of benzene rings is 1. The predicted octanol–water partition coefficient (Wildman–Crippen LogP) is 1.26. The summed E-state index contributed by atoms with van der Waals surface area (Å²) in [4.78, 5) is 12.2. The third kappa shape index (κ3) is 2.96. The van der Waals surface area contributed by atoms with Gasteiger partial charge in [-0.25, -0.2) is 0 Å². The lowest BCUT2D eigenvalue weighted by Crippen LogP contribution is -2.37. The Morgan fingerprint density at radius 3 is 2.94 bits per heavy atom. The van der Waals surface area contributed by atoms with Crippen molar-refractivity contribution in [2.24, 2.45) is 0 Å². The van der Waals surface area contributed by atoms with Crippen molar-refractivity contribution < 1.29 is 15.1 Å². The molecule has 0 radical (unpaired) electrons. The average Bonchev–Trinajstić information content (AvgIpc) is 2.31. The summed E-state index contributed by atoms with van der Waals surface area (Å²) in [6.45, 7) is 2.03. The standard InChI is InChI=1S/C12H16N2O4/c15-10-2-1-5-13(8-10)7-9-3-4-12(16)11(6-9)14(17)18/h3-4,6,10,15-16H,1-2,5,7-8H2/t10-/m1/s1. The number of β-amino-alcohol motifs (C(OH)–C–C–N with tert-alkyl or cyclic N) is 1. The largest absolute Gasteiger partial charge is 0.502 e. The third-order valence-corrected chi connectivity index (χ3v) is 3.12. The van der Waals surface area contributed by atoms with Gasteiger partial charge in [-0.2, -0.15) is 0 Å². The number of hydrogen-bond acceptors (Lipinski definition) is 5. The topological polar surface area (TPSA) is 86.8 Å². The first-order valence-corrected chi connectivity index (χ1v) is 5.93. The lowest BCUT2D eigenvalue weighted by molar-refractivity contribution is -0.385. The monoisotopic (exact) mass is 252 g/mol. The van der Waals surface area contributed by atoms with E-state index in [-0.39, 0.29) is 17.5 Å². The fourth-order valence-corrected chi connectivity index (χ4v) is 2.25. The number of aromatic hydroxyl groups is 1. The molecule has 1 aliphatic rings. The van der Waals surface area contributed by atoms with Crippen LogP contribution >= 0.6 is 0 Å². The van der Waals surface area contributed by atoms with Gasteiger partial charge in [-0.3, -0.25) is 15.0 Å². The van der Waals surface area contributed by atoms with Gasteiger partial charge < -0.3 is 10.2 Å². The Bertz CT molecular complexity index is 450. The second-order valence-corrected chi connectivity index (χ2v) is 4.61. The molecule has 2 N–H and O–H groups in total. The summed E-state index contributed by atoms with van der Waals surface area (Å²) >= 11 is 0. The number of nitro benzene ring substituents is 1. The summed E-state index contributed by atoms with van der Waals surface area (Å²) in [5.41, 5.74) is 0.499. The maximum atomic E-state index is 10.7. The van der Waals surface area contributed by atoms with Gasteiger partial charge in [-0.1, -0.05) is 6.07 Å². The van der Waals surface area contributed by atoms with Gasteiger partial charge >= 0.3 is 5.69 Å². The Hall–Kier alpha value is -1.66. The minimum absolute atomic E-state index is 0.273. The molecule has 0 amide bonds. The molecule has 98 valence electrons. The summed E-state index contributed by atoms with van der Waals surface area (Å²) in [5, 5.41) is 29.6. The number of nitro groups is 1. The second kappa shape index (κ2) is 5.32. The molecule has 0 aliphatic carbocycles. The molecule has 6 nitrogen and oxygen atoms in total. The maximum Gasteiger partial charge on any atom is 0.311 e. The predicted molar refractivity (Wildman–Crippen MR) is 65.3 cm³/mol. The minimum Gasteiger partial charge on any atom is -0.502 e. The summed E-state index contributed by atoms with van der Waals surface area (Å²) in [5.74, 6) is -0.317. The van der Waals surface area contributed by atoms with Crippen molar-refractivity contribution in [3.63, 3.8) is 0 Å². The van der Waals surface area contributed by atoms with Crippen molar-refractivity contribution in [2.45, 2.75) is 25.5 Å². The van der Waals surface area contributed by atoms with Crippen molar-refractivity contribution >= 4 is 5.69 Å². The number of nitrogens with zero attached hydrogens (tertiary/aromatic N) is 2. The van der Waals surface area contributed by atoms with E-state index in [2.05, 4.69) is 4.90 Å². The molecule has 2 rings (SSSR count). The second-order valence-electron chi connectivity index (χ2n) is 4.61. The van der Waals surface area contributed by atoms with Crippen LogP contribution in [0, 0.1) is 10.1 Å². The minimum atomic E-state index is -0.593. The number of phenolic OH excluding ortho intramolecular Hbond substituents is 1. The molecular formula is C12H16N2O4. The van der Waals surface area contributed by atoms with Crippen LogP contribution in [0.5, 0.6) is 5.75 Å². The third-order valence-electron chi connectivity index (χ3n) is 3.12. The van der Waals surface area contributed by atoms with Crippen LogP contribution in [0.1, 0.15) is 18.4 Å². The van der Waals surface area contributed by atoms with Gasteiger partial charge in [-0.05, 0) is 31.0 Å². The van der Waals surface area contributed by atoms with Crippen molar-refractivity contribution in [1.29, 1.82) is 0 Å². The van der Waals surface area contributed by atoms with Gasteiger partial charge in [0.2, 0.25) is 0 Å². The van der Waals surface area contributed by atoms with Crippen molar-refractivity contribution in [3.8, 4) is 5.75 Å². The first-order valence-electron chi connectivity index (χ1n) is 5.93. The van der Waals surface area contributed by atoms with Gasteiger partial charge in [0.1, 0.15) is 0 Å². The molecule has 0 spiro atoms. The Labute approximate surface area is 105 Å². The highest BCUT2D eigenvalue weighted by Gasteiger charge is 2.19. The van der Waals surface area contributed by atoms with Crippen LogP contribution in [-0.4, -0.2) is 39.2 Å². The van der Waals surface area contributed by atoms with E-state index in [0.29, 0.717) is 13.1 Å². The van der Waals surface area contributed by atoms with E-state index in [4.69, 9.17) is 0 Å². The first-order chi connectivity index (χ1) is 8.56. The first kappa shape index (κ1) is 12.8. The van der Waals surface area contributed by atoms with Gasteiger partial charge in [0.25, 0.3) is 0 Å². The number of likely N-dealkylation sites (tertiary alicyclic amines) is 1. The van der Waals surface area contributed by atoms with E-state index >= 15 is 0 Å². The summed E-state index contributed by atoms with van der Waals surface area (Å²) in [6, 6.07) is 4.40. The quantitative estimate of drug-likeness (QED) is 0.624. The van der Waals surface area contributed by atoms with E-state index < -0.39 is 4.92 Å². The molecule has 1 heterocycles. The molecule has 1 aromatic rings. The lowest BCUT2D eigenvalue weighted by Gasteiger charge is -2.29. The van der Waals surface area contributed by atoms with E-state index in [0.717, 1.165) is 24.9 Å². The fourth-order valence-electron chi connectivity index (χ4n) is 2.25. The molecule has 1 fully saturated rings. The van der Waals surface area contributed by atoms with Gasteiger partial charge in [0, 0.05) is 19.2 Å². The number of aliphatic hydroxyl groups is 1. The maximum absolute atomic E-state index is 10.7. The SMILES string of the molecule is O=[N+]([O-])c1cc(CN2CCC[C@@H](O)C2)ccc1O. The Balaban J connectivity index is 2.09. The zero-order valence-electron chi connectivity index (χ0n) is 9.95. The van der Waals surface area contributed by atoms with E-state index in [1.54, 1.807) is 6.07 Å². The van der Waals surface area contributed by atoms with Crippen molar-refractivity contribution in [3.05, 3.63) is 33.9 Å². The molecule has 1 aliphatic heterocycles. The summed E-state index contributed by atoms with van der Waals surface area (Å²) < 4.78 is 0. The van der Waals surface area contributed by atoms with E-state index in [1.807, 2.05) is 0 Å². The molecule has 0 bridgehead atoms. The molecule has 1 atom stereocenters. The molecule has 0 saturated carbocycles. The van der Waals surface area contributed by atoms with Crippen molar-refractivity contribution in [2.75, 3.05) is 13.1 Å². The lowest BCUT2D eigenvalue weighted by atomic mass is 10.1. The van der Waals surface area contributed by atoms with E-state index in [1.165, 1.54) is 12.1 Å². The molecule has 0 unspecified atom stereocenters. The summed E-state index contributed by atoms with van der Waals surface area (Å²) in [7, 11) is 0. The normalized spacial score (nSPS) is 20.8. The highest BCUT2D eigenvalue weighted by molar-refractivity contribution is 5.47. The number of phenols is 1. The summed E-state index contributed by atoms with van der Waals surface area (Å²) in [6.07, 6.45) is 1.43. The van der Waals surface area contributed by atoms with Crippen LogP contribution in [-0.2, 0) is 6.54 Å². The van der Waals surface area contributed by atoms with Crippen LogP contribution in [0.4, 0.5) is 5.69 Å². The van der Waals surface area contributed by atoms with Crippen molar-refractivity contribution in [1.82, 2.24) is 4.90 Å². The Morgan fingerprint density at radius 1 is 1.50 bits per heavy atom. The van der Waals surface area contributed by atoms with Crippen LogP contribution < -0.4 is 0 Å². The number of rotatable bonds is 3. The Kier molecular flexibility index (Phi) is 3.78. The highest BCUT2D eigenvalue weighted by atomic mass is 16.6. The van der Waals surface area contributed by atoms with E-state index in [9.17, 15) is 20.3 Å². The van der Waals surface area contributed by atoms with Crippen LogP contribution in [0.15, 0.2) is 18.2 Å². The molecular weight excluding hydrogens is 236 g/mol. The zero-order chi connectivity index (χ0) is 13.1. The van der Waals surface area contributed by atoms with Crippen LogP contribution in [0.2, 0.25) is 0 Å². The molecule has 1 aromatic carbocycles. The average molecular weight is 252 g/mol. The number of hydrogen-bond donors (Lipinski definition) is 2. The van der Waals surface area contributed by atoms with Gasteiger partial charge in [0.05, 0.1) is 11.0 Å². The molecule has 0 aromatic heterocycles. The molecule has 6 heteroatoms.